The minimum Gasteiger partial charge on any atom is -0.356 e. The Bertz CT molecular complexity index is 363. The van der Waals surface area contributed by atoms with Crippen LogP contribution in [0.2, 0.25) is 5.15 Å². The summed E-state index contributed by atoms with van der Waals surface area (Å²) in [4.78, 5) is 10.7. The summed E-state index contributed by atoms with van der Waals surface area (Å²) in [6, 6.07) is 0. The largest absolute Gasteiger partial charge is 0.356 e. The van der Waals surface area contributed by atoms with Gasteiger partial charge in [-0.3, -0.25) is 0 Å². The van der Waals surface area contributed by atoms with E-state index in [0.29, 0.717) is 5.15 Å². The highest BCUT2D eigenvalue weighted by molar-refractivity contribution is 6.30. The Labute approximate surface area is 102 Å². The Morgan fingerprint density at radius 2 is 2.19 bits per heavy atom. The summed E-state index contributed by atoms with van der Waals surface area (Å²) in [7, 11) is 0. The Morgan fingerprint density at radius 3 is 2.81 bits per heavy atom. The van der Waals surface area contributed by atoms with Crippen LogP contribution in [0.1, 0.15) is 31.7 Å². The van der Waals surface area contributed by atoms with Gasteiger partial charge in [-0.15, -0.1) is 0 Å². The predicted molar refractivity (Wildman–Crippen MR) is 67.0 cm³/mol. The van der Waals surface area contributed by atoms with Crippen LogP contribution in [0.5, 0.6) is 0 Å². The number of hydrogen-bond acceptors (Lipinski definition) is 3. The van der Waals surface area contributed by atoms with Crippen LogP contribution in [-0.2, 0) is 0 Å². The predicted octanol–water partition coefficient (Wildman–Crippen LogP) is 3.06. The average Bonchev–Trinajstić information content (AvgIpc) is 3.06. The molecule has 4 heteroatoms. The van der Waals surface area contributed by atoms with E-state index in [9.17, 15) is 0 Å². The molecule has 1 aromatic rings. The first kappa shape index (κ1) is 11.6. The van der Waals surface area contributed by atoms with Crippen LogP contribution in [0.4, 0.5) is 5.82 Å². The van der Waals surface area contributed by atoms with Crippen LogP contribution in [0.15, 0.2) is 6.33 Å². The Hall–Kier alpha value is -0.830. The number of anilines is 1. The lowest BCUT2D eigenvalue weighted by Gasteiger charge is -2.24. The minimum atomic E-state index is 0.571. The van der Waals surface area contributed by atoms with E-state index in [0.717, 1.165) is 36.8 Å². The smallest absolute Gasteiger partial charge is 0.137 e. The molecule has 0 amide bonds. The standard InChI is InChI=1S/C12H18ClN3/c1-3-6-16(7-10-4-5-10)12-9(2)11(13)14-8-15-12/h8,10H,3-7H2,1-2H3. The molecular formula is C12H18ClN3. The van der Waals surface area contributed by atoms with Gasteiger partial charge in [-0.05, 0) is 32.1 Å². The van der Waals surface area contributed by atoms with Crippen LogP contribution >= 0.6 is 11.6 Å². The van der Waals surface area contributed by atoms with Gasteiger partial charge in [-0.1, -0.05) is 18.5 Å². The van der Waals surface area contributed by atoms with E-state index in [1.807, 2.05) is 6.92 Å². The molecular weight excluding hydrogens is 222 g/mol. The molecule has 1 heterocycles. The third-order valence-electron chi connectivity index (χ3n) is 2.96. The first-order valence-corrected chi connectivity index (χ1v) is 6.32. The minimum absolute atomic E-state index is 0.571. The summed E-state index contributed by atoms with van der Waals surface area (Å²) >= 11 is 6.03. The maximum Gasteiger partial charge on any atom is 0.137 e. The van der Waals surface area contributed by atoms with Gasteiger partial charge in [0.25, 0.3) is 0 Å². The van der Waals surface area contributed by atoms with Gasteiger partial charge >= 0.3 is 0 Å². The number of halogens is 1. The van der Waals surface area contributed by atoms with Crippen LogP contribution in [-0.4, -0.2) is 23.1 Å². The molecule has 0 aliphatic heterocycles. The van der Waals surface area contributed by atoms with E-state index in [-0.39, 0.29) is 0 Å². The van der Waals surface area contributed by atoms with Gasteiger partial charge in [0.05, 0.1) is 0 Å². The highest BCUT2D eigenvalue weighted by Gasteiger charge is 2.25. The molecule has 0 unspecified atom stereocenters. The molecule has 0 saturated heterocycles. The van der Waals surface area contributed by atoms with Gasteiger partial charge in [-0.2, -0.15) is 0 Å². The molecule has 0 bridgehead atoms. The van der Waals surface area contributed by atoms with Crippen molar-refractivity contribution >= 4 is 17.4 Å². The van der Waals surface area contributed by atoms with Crippen molar-refractivity contribution in [3.05, 3.63) is 17.0 Å². The normalized spacial score (nSPS) is 15.2. The lowest BCUT2D eigenvalue weighted by Crippen LogP contribution is -2.28. The van der Waals surface area contributed by atoms with E-state index in [1.165, 1.54) is 12.8 Å². The fourth-order valence-corrected chi connectivity index (χ4v) is 2.03. The highest BCUT2D eigenvalue weighted by atomic mass is 35.5. The fourth-order valence-electron chi connectivity index (χ4n) is 1.90. The third kappa shape index (κ3) is 2.64. The first-order valence-electron chi connectivity index (χ1n) is 5.94. The number of hydrogen-bond donors (Lipinski definition) is 0. The second-order valence-electron chi connectivity index (χ2n) is 4.50. The van der Waals surface area contributed by atoms with Crippen LogP contribution in [0.3, 0.4) is 0 Å². The van der Waals surface area contributed by atoms with Crippen LogP contribution in [0, 0.1) is 12.8 Å². The van der Waals surface area contributed by atoms with Gasteiger partial charge in [0.1, 0.15) is 17.3 Å². The lowest BCUT2D eigenvalue weighted by atomic mass is 10.2. The molecule has 88 valence electrons. The molecule has 3 nitrogen and oxygen atoms in total. The maximum absolute atomic E-state index is 6.03. The van der Waals surface area contributed by atoms with Crippen molar-refractivity contribution in [1.82, 2.24) is 9.97 Å². The van der Waals surface area contributed by atoms with Gasteiger partial charge in [0.2, 0.25) is 0 Å². The maximum atomic E-state index is 6.03. The molecule has 1 aliphatic rings. The van der Waals surface area contributed by atoms with E-state index in [4.69, 9.17) is 11.6 Å². The molecule has 16 heavy (non-hydrogen) atoms. The Balaban J connectivity index is 2.18. The van der Waals surface area contributed by atoms with Crippen molar-refractivity contribution in [1.29, 1.82) is 0 Å². The molecule has 1 aliphatic carbocycles. The topological polar surface area (TPSA) is 29.0 Å². The number of rotatable bonds is 5. The van der Waals surface area contributed by atoms with Crippen LogP contribution < -0.4 is 4.90 Å². The second kappa shape index (κ2) is 5.00. The molecule has 1 aromatic heterocycles. The zero-order valence-corrected chi connectivity index (χ0v) is 10.7. The summed E-state index contributed by atoms with van der Waals surface area (Å²) in [6.07, 6.45) is 5.41. The van der Waals surface area contributed by atoms with Gasteiger partial charge in [0.15, 0.2) is 0 Å². The average molecular weight is 240 g/mol. The molecule has 0 radical (unpaired) electrons. The second-order valence-corrected chi connectivity index (χ2v) is 4.86. The van der Waals surface area contributed by atoms with Crippen molar-refractivity contribution in [3.63, 3.8) is 0 Å². The first-order chi connectivity index (χ1) is 7.72. The van der Waals surface area contributed by atoms with Gasteiger partial charge < -0.3 is 4.90 Å². The summed E-state index contributed by atoms with van der Waals surface area (Å²) in [6.45, 7) is 6.35. The quantitative estimate of drug-likeness (QED) is 0.740. The van der Waals surface area contributed by atoms with Gasteiger partial charge in [-0.25, -0.2) is 9.97 Å². The van der Waals surface area contributed by atoms with E-state index >= 15 is 0 Å². The van der Waals surface area contributed by atoms with Crippen molar-refractivity contribution < 1.29 is 0 Å². The van der Waals surface area contributed by atoms with E-state index in [1.54, 1.807) is 6.33 Å². The monoisotopic (exact) mass is 239 g/mol. The van der Waals surface area contributed by atoms with E-state index < -0.39 is 0 Å². The molecule has 0 atom stereocenters. The fraction of sp³-hybridized carbons (Fsp3) is 0.667. The van der Waals surface area contributed by atoms with Crippen molar-refractivity contribution in [3.8, 4) is 0 Å². The van der Waals surface area contributed by atoms with Crippen molar-refractivity contribution in [2.45, 2.75) is 33.1 Å². The van der Waals surface area contributed by atoms with Crippen molar-refractivity contribution in [2.75, 3.05) is 18.0 Å². The summed E-state index contributed by atoms with van der Waals surface area (Å²) < 4.78 is 0. The lowest BCUT2D eigenvalue weighted by molar-refractivity contribution is 0.695. The summed E-state index contributed by atoms with van der Waals surface area (Å²) in [5, 5.41) is 0.571. The summed E-state index contributed by atoms with van der Waals surface area (Å²) in [5.74, 6) is 1.87. The van der Waals surface area contributed by atoms with E-state index in [2.05, 4.69) is 21.8 Å². The van der Waals surface area contributed by atoms with Crippen LogP contribution in [0.25, 0.3) is 0 Å². The van der Waals surface area contributed by atoms with Crippen molar-refractivity contribution in [2.24, 2.45) is 5.92 Å². The zero-order chi connectivity index (χ0) is 11.5. The Kier molecular flexibility index (Phi) is 3.64. The molecule has 1 saturated carbocycles. The molecule has 2 rings (SSSR count). The van der Waals surface area contributed by atoms with Gasteiger partial charge in [0, 0.05) is 18.7 Å². The molecule has 0 N–H and O–H groups in total. The molecule has 0 aromatic carbocycles. The molecule has 1 fully saturated rings. The number of nitrogens with zero attached hydrogens (tertiary/aromatic N) is 3. The summed E-state index contributed by atoms with van der Waals surface area (Å²) in [5.41, 5.74) is 0.998. The molecule has 0 spiro atoms. The number of aromatic nitrogens is 2. The third-order valence-corrected chi connectivity index (χ3v) is 3.35. The SMILES string of the molecule is CCCN(CC1CC1)c1ncnc(Cl)c1C. The Morgan fingerprint density at radius 1 is 1.44 bits per heavy atom. The highest BCUT2D eigenvalue weighted by Crippen LogP contribution is 2.32. The zero-order valence-electron chi connectivity index (χ0n) is 9.91.